The predicted octanol–water partition coefficient (Wildman–Crippen LogP) is 5.23. The highest BCUT2D eigenvalue weighted by atomic mass is 35.5. The number of rotatable bonds is 3. The third kappa shape index (κ3) is 4.00. The highest BCUT2D eigenvalue weighted by Crippen LogP contribution is 2.36. The molecule has 0 saturated carbocycles. The number of pyridine rings is 1. The van der Waals surface area contributed by atoms with Crippen LogP contribution in [0, 0.1) is 12.3 Å². The number of halogens is 1. The molecule has 0 atom stereocenters. The van der Waals surface area contributed by atoms with Gasteiger partial charge in [-0.3, -0.25) is 19.0 Å². The lowest BCUT2D eigenvalue weighted by Crippen LogP contribution is -2.39. The minimum atomic E-state index is -0.443. The van der Waals surface area contributed by atoms with Crippen LogP contribution in [0.15, 0.2) is 59.5 Å². The average Bonchev–Trinajstić information content (AvgIpc) is 2.72. The van der Waals surface area contributed by atoms with E-state index in [0.717, 1.165) is 5.56 Å². The van der Waals surface area contributed by atoms with Crippen molar-refractivity contribution in [1.29, 1.82) is 0 Å². The monoisotopic (exact) mass is 448 g/mol. The first-order valence-electron chi connectivity index (χ1n) is 10.5. The van der Waals surface area contributed by atoms with Crippen molar-refractivity contribution in [1.82, 2.24) is 4.57 Å². The van der Waals surface area contributed by atoms with Gasteiger partial charge in [-0.2, -0.15) is 0 Å². The van der Waals surface area contributed by atoms with Crippen LogP contribution in [0.3, 0.4) is 0 Å². The van der Waals surface area contributed by atoms with Gasteiger partial charge in [-0.05, 0) is 66.3 Å². The molecule has 164 valence electrons. The van der Waals surface area contributed by atoms with Crippen molar-refractivity contribution in [2.75, 3.05) is 11.9 Å². The Bertz CT molecular complexity index is 1290. The Hall–Kier alpha value is -3.18. The molecule has 5 nitrogen and oxygen atoms in total. The van der Waals surface area contributed by atoms with Crippen molar-refractivity contribution in [3.8, 4) is 5.69 Å². The van der Waals surface area contributed by atoms with Crippen LogP contribution in [0.2, 0.25) is 5.02 Å². The number of hydrogen-bond donors (Lipinski definition) is 0. The summed E-state index contributed by atoms with van der Waals surface area (Å²) in [6, 6.07) is 14.3. The van der Waals surface area contributed by atoms with Crippen molar-refractivity contribution in [2.45, 2.75) is 33.6 Å². The zero-order valence-electron chi connectivity index (χ0n) is 18.6. The number of hydrogen-bond acceptors (Lipinski definition) is 3. The number of anilines is 1. The molecular weight excluding hydrogens is 424 g/mol. The molecule has 6 heteroatoms. The molecule has 0 N–H and O–H groups in total. The highest BCUT2D eigenvalue weighted by molar-refractivity contribution is 6.30. The summed E-state index contributed by atoms with van der Waals surface area (Å²) in [7, 11) is 1.65. The number of nitrogens with zero attached hydrogens (tertiary/aromatic N) is 2. The summed E-state index contributed by atoms with van der Waals surface area (Å²) in [5.74, 6) is -0.489. The van der Waals surface area contributed by atoms with Gasteiger partial charge in [-0.25, -0.2) is 0 Å². The maximum absolute atomic E-state index is 13.7. The molecule has 3 aromatic rings. The first kappa shape index (κ1) is 22.0. The second-order valence-electron chi connectivity index (χ2n) is 9.19. The van der Waals surface area contributed by atoms with Crippen molar-refractivity contribution in [2.24, 2.45) is 5.41 Å². The quantitative estimate of drug-likeness (QED) is 0.551. The smallest absolute Gasteiger partial charge is 0.268 e. The van der Waals surface area contributed by atoms with E-state index < -0.39 is 11.5 Å². The van der Waals surface area contributed by atoms with Crippen molar-refractivity contribution < 1.29 is 9.59 Å². The molecule has 0 unspecified atom stereocenters. The summed E-state index contributed by atoms with van der Waals surface area (Å²) in [4.78, 5) is 41.9. The lowest BCUT2D eigenvalue weighted by Gasteiger charge is -2.32. The lowest BCUT2D eigenvalue weighted by molar-refractivity contribution is 0.0910. The second kappa shape index (κ2) is 8.06. The molecule has 1 heterocycles. The fourth-order valence-corrected chi connectivity index (χ4v) is 4.41. The minimum absolute atomic E-state index is 0.0441. The SMILES string of the molecule is Cc1cccc(N(C)C(=O)c2c3c(cn(-c4ccc(Cl)cc4)c2=O)C(=O)CC(C)(C)C3)c1. The van der Waals surface area contributed by atoms with Crippen LogP contribution in [0.5, 0.6) is 0 Å². The van der Waals surface area contributed by atoms with Crippen molar-refractivity contribution >= 4 is 29.0 Å². The third-order valence-electron chi connectivity index (χ3n) is 5.92. The Balaban J connectivity index is 1.95. The summed E-state index contributed by atoms with van der Waals surface area (Å²) < 4.78 is 1.38. The number of carbonyl (C=O) groups excluding carboxylic acids is 2. The lowest BCUT2D eigenvalue weighted by atomic mass is 9.73. The Morgan fingerprint density at radius 3 is 2.41 bits per heavy atom. The molecule has 0 bridgehead atoms. The highest BCUT2D eigenvalue weighted by Gasteiger charge is 2.36. The summed E-state index contributed by atoms with van der Waals surface area (Å²) in [6.45, 7) is 5.91. The van der Waals surface area contributed by atoms with E-state index in [1.165, 1.54) is 9.47 Å². The van der Waals surface area contributed by atoms with E-state index in [-0.39, 0.29) is 16.8 Å². The van der Waals surface area contributed by atoms with Gasteiger partial charge in [-0.1, -0.05) is 37.6 Å². The maximum atomic E-state index is 13.7. The summed E-state index contributed by atoms with van der Waals surface area (Å²) in [5.41, 5.74) is 2.47. The van der Waals surface area contributed by atoms with Gasteiger partial charge in [0, 0.05) is 41.6 Å². The topological polar surface area (TPSA) is 59.4 Å². The van der Waals surface area contributed by atoms with Crippen LogP contribution >= 0.6 is 11.6 Å². The Morgan fingerprint density at radius 2 is 1.75 bits per heavy atom. The molecule has 4 rings (SSSR count). The first-order valence-corrected chi connectivity index (χ1v) is 10.9. The van der Waals surface area contributed by atoms with E-state index >= 15 is 0 Å². The normalized spacial score (nSPS) is 14.7. The van der Waals surface area contributed by atoms with E-state index in [1.807, 2.05) is 45.0 Å². The Labute approximate surface area is 192 Å². The van der Waals surface area contributed by atoms with E-state index in [1.54, 1.807) is 37.5 Å². The molecule has 0 fully saturated rings. The molecule has 2 aromatic carbocycles. The number of Topliss-reactive ketones (excluding diaryl/α,β-unsaturated/α-hetero) is 1. The zero-order chi connectivity index (χ0) is 23.2. The van der Waals surface area contributed by atoms with E-state index in [4.69, 9.17) is 11.6 Å². The number of benzene rings is 2. The predicted molar refractivity (Wildman–Crippen MR) is 127 cm³/mol. The van der Waals surface area contributed by atoms with Crippen LogP contribution in [0.4, 0.5) is 5.69 Å². The number of carbonyl (C=O) groups is 2. The molecule has 1 aliphatic rings. The fraction of sp³-hybridized carbons (Fsp3) is 0.269. The zero-order valence-corrected chi connectivity index (χ0v) is 19.4. The van der Waals surface area contributed by atoms with Gasteiger partial charge in [0.25, 0.3) is 11.5 Å². The van der Waals surface area contributed by atoms with Crippen LogP contribution < -0.4 is 10.5 Å². The van der Waals surface area contributed by atoms with Crippen LogP contribution in [-0.2, 0) is 6.42 Å². The van der Waals surface area contributed by atoms with E-state index in [0.29, 0.717) is 40.4 Å². The second-order valence-corrected chi connectivity index (χ2v) is 9.63. The van der Waals surface area contributed by atoms with Crippen LogP contribution in [-0.4, -0.2) is 23.3 Å². The molecule has 1 amide bonds. The van der Waals surface area contributed by atoms with Gasteiger partial charge in [0.05, 0.1) is 0 Å². The average molecular weight is 449 g/mol. The van der Waals surface area contributed by atoms with Gasteiger partial charge in [0.15, 0.2) is 5.78 Å². The fourth-order valence-electron chi connectivity index (χ4n) is 4.28. The van der Waals surface area contributed by atoms with Gasteiger partial charge >= 0.3 is 0 Å². The minimum Gasteiger partial charge on any atom is -0.311 e. The molecule has 1 aliphatic carbocycles. The summed E-state index contributed by atoms with van der Waals surface area (Å²) >= 11 is 6.01. The standard InChI is InChI=1S/C26H25ClN2O3/c1-16-6-5-7-19(12-16)28(4)24(31)23-20-13-26(2,3)14-22(30)21(20)15-29(25(23)32)18-10-8-17(27)9-11-18/h5-12,15H,13-14H2,1-4H3. The van der Waals surface area contributed by atoms with Gasteiger partial charge in [-0.15, -0.1) is 0 Å². The molecule has 32 heavy (non-hydrogen) atoms. The third-order valence-corrected chi connectivity index (χ3v) is 6.18. The van der Waals surface area contributed by atoms with Crippen LogP contribution in [0.25, 0.3) is 5.69 Å². The van der Waals surface area contributed by atoms with Crippen LogP contribution in [0.1, 0.15) is 52.1 Å². The molecule has 0 radical (unpaired) electrons. The molecule has 0 spiro atoms. The number of aryl methyl sites for hydroxylation is 1. The van der Waals surface area contributed by atoms with Crippen molar-refractivity contribution in [3.05, 3.63) is 92.4 Å². The van der Waals surface area contributed by atoms with Gasteiger partial charge in [0.2, 0.25) is 0 Å². The first-order chi connectivity index (χ1) is 15.1. The summed E-state index contributed by atoms with van der Waals surface area (Å²) in [5, 5.41) is 0.535. The van der Waals surface area contributed by atoms with E-state index in [2.05, 4.69) is 0 Å². The van der Waals surface area contributed by atoms with Gasteiger partial charge < -0.3 is 4.90 Å². The van der Waals surface area contributed by atoms with E-state index in [9.17, 15) is 14.4 Å². The number of aromatic nitrogens is 1. The number of ketones is 1. The van der Waals surface area contributed by atoms with Gasteiger partial charge in [0.1, 0.15) is 5.56 Å². The Kier molecular flexibility index (Phi) is 5.55. The largest absolute Gasteiger partial charge is 0.311 e. The summed E-state index contributed by atoms with van der Waals surface area (Å²) in [6.07, 6.45) is 2.41. The molecule has 1 aromatic heterocycles. The maximum Gasteiger partial charge on any atom is 0.268 e. The molecular formula is C26H25ClN2O3. The molecule has 0 saturated heterocycles. The number of amides is 1. The molecule has 0 aliphatic heterocycles. The Morgan fingerprint density at radius 1 is 1.06 bits per heavy atom. The van der Waals surface area contributed by atoms with Crippen molar-refractivity contribution in [3.63, 3.8) is 0 Å². The number of fused-ring (bicyclic) bond motifs is 1.